The minimum atomic E-state index is -0.377. The highest BCUT2D eigenvalue weighted by atomic mass is 16.5. The zero-order valence-electron chi connectivity index (χ0n) is 9.93. The Morgan fingerprint density at radius 1 is 1.47 bits per heavy atom. The number of hydrogen-bond donors (Lipinski definition) is 1. The van der Waals surface area contributed by atoms with Crippen LogP contribution in [0, 0.1) is 6.92 Å². The molecule has 1 heterocycles. The van der Waals surface area contributed by atoms with Crippen LogP contribution in [0.2, 0.25) is 0 Å². The van der Waals surface area contributed by atoms with E-state index in [4.69, 9.17) is 4.74 Å². The summed E-state index contributed by atoms with van der Waals surface area (Å²) in [4.78, 5) is 13.4. The number of nitrogens with zero attached hydrogens (tertiary/aromatic N) is 1. The summed E-state index contributed by atoms with van der Waals surface area (Å²) >= 11 is 0. The maximum atomic E-state index is 11.7. The van der Waals surface area contributed by atoms with Gasteiger partial charge in [-0.15, -0.1) is 0 Å². The number of aliphatic hydroxyl groups is 1. The number of carbonyl (C=O) groups excluding carboxylic acids is 1. The fourth-order valence-electron chi connectivity index (χ4n) is 1.84. The molecule has 1 atom stereocenters. The van der Waals surface area contributed by atoms with E-state index in [0.717, 1.165) is 5.56 Å². The minimum Gasteiger partial charge on any atom is -0.484 e. The van der Waals surface area contributed by atoms with Gasteiger partial charge in [-0.05, 0) is 25.5 Å². The van der Waals surface area contributed by atoms with Gasteiger partial charge in [-0.3, -0.25) is 4.79 Å². The molecule has 1 amide bonds. The van der Waals surface area contributed by atoms with E-state index in [1.165, 1.54) is 0 Å². The summed E-state index contributed by atoms with van der Waals surface area (Å²) in [6.07, 6.45) is 0.286. The fraction of sp³-hybridized carbons (Fsp3) is 0.462. The van der Waals surface area contributed by atoms with Crippen LogP contribution in [0.3, 0.4) is 0 Å². The molecule has 1 aliphatic rings. The lowest BCUT2D eigenvalue weighted by atomic mass is 10.2. The third-order valence-electron chi connectivity index (χ3n) is 2.90. The predicted molar refractivity (Wildman–Crippen MR) is 63.9 cm³/mol. The van der Waals surface area contributed by atoms with Crippen LogP contribution in [0.25, 0.3) is 0 Å². The zero-order valence-corrected chi connectivity index (χ0v) is 9.93. The van der Waals surface area contributed by atoms with Crippen LogP contribution in [-0.4, -0.2) is 41.7 Å². The summed E-state index contributed by atoms with van der Waals surface area (Å²) in [6.45, 7) is 3.09. The Morgan fingerprint density at radius 3 is 2.76 bits per heavy atom. The van der Waals surface area contributed by atoms with Crippen LogP contribution in [0.4, 0.5) is 0 Å². The normalized spacial score (nSPS) is 19.4. The third-order valence-corrected chi connectivity index (χ3v) is 2.90. The molecule has 4 nitrogen and oxygen atoms in total. The van der Waals surface area contributed by atoms with Crippen molar-refractivity contribution in [2.24, 2.45) is 0 Å². The molecule has 1 aliphatic heterocycles. The molecule has 0 radical (unpaired) electrons. The number of benzene rings is 1. The quantitative estimate of drug-likeness (QED) is 0.849. The Balaban J connectivity index is 1.82. The highest BCUT2D eigenvalue weighted by Crippen LogP contribution is 2.13. The molecule has 1 saturated heterocycles. The van der Waals surface area contributed by atoms with Crippen molar-refractivity contribution >= 4 is 5.91 Å². The van der Waals surface area contributed by atoms with Crippen molar-refractivity contribution in [2.75, 3.05) is 19.7 Å². The number of aryl methyl sites for hydroxylation is 1. The lowest BCUT2D eigenvalue weighted by Gasteiger charge is -2.15. The monoisotopic (exact) mass is 235 g/mol. The van der Waals surface area contributed by atoms with Gasteiger partial charge >= 0.3 is 0 Å². The second-order valence-electron chi connectivity index (χ2n) is 4.38. The molecule has 92 valence electrons. The van der Waals surface area contributed by atoms with E-state index < -0.39 is 0 Å². The SMILES string of the molecule is Cc1ccc(OCC(=O)N2CC[C@H](O)C2)cc1. The Labute approximate surface area is 101 Å². The largest absolute Gasteiger partial charge is 0.484 e. The fourth-order valence-corrected chi connectivity index (χ4v) is 1.84. The molecule has 17 heavy (non-hydrogen) atoms. The molecule has 0 aliphatic carbocycles. The van der Waals surface area contributed by atoms with E-state index in [9.17, 15) is 9.90 Å². The van der Waals surface area contributed by atoms with Gasteiger partial charge in [0.15, 0.2) is 6.61 Å². The number of rotatable bonds is 3. The lowest BCUT2D eigenvalue weighted by molar-refractivity contribution is -0.132. The predicted octanol–water partition coefficient (Wildman–Crippen LogP) is 0.967. The van der Waals surface area contributed by atoms with Crippen LogP contribution < -0.4 is 4.74 Å². The van der Waals surface area contributed by atoms with Gasteiger partial charge in [0.25, 0.3) is 5.91 Å². The smallest absolute Gasteiger partial charge is 0.260 e. The summed E-state index contributed by atoms with van der Waals surface area (Å²) in [5.41, 5.74) is 1.16. The summed E-state index contributed by atoms with van der Waals surface area (Å²) in [7, 11) is 0. The van der Waals surface area contributed by atoms with Crippen molar-refractivity contribution in [1.29, 1.82) is 0 Å². The van der Waals surface area contributed by atoms with Crippen molar-refractivity contribution in [2.45, 2.75) is 19.4 Å². The topological polar surface area (TPSA) is 49.8 Å². The van der Waals surface area contributed by atoms with Crippen molar-refractivity contribution in [3.05, 3.63) is 29.8 Å². The van der Waals surface area contributed by atoms with E-state index in [1.54, 1.807) is 4.90 Å². The molecule has 4 heteroatoms. The van der Waals surface area contributed by atoms with Crippen molar-refractivity contribution in [3.8, 4) is 5.75 Å². The van der Waals surface area contributed by atoms with Gasteiger partial charge in [0, 0.05) is 13.1 Å². The molecule has 0 spiro atoms. The first-order valence-corrected chi connectivity index (χ1v) is 5.80. The van der Waals surface area contributed by atoms with Crippen LogP contribution in [0.15, 0.2) is 24.3 Å². The van der Waals surface area contributed by atoms with E-state index in [1.807, 2.05) is 31.2 Å². The van der Waals surface area contributed by atoms with Crippen LogP contribution in [0.5, 0.6) is 5.75 Å². The van der Waals surface area contributed by atoms with E-state index in [-0.39, 0.29) is 18.6 Å². The van der Waals surface area contributed by atoms with Crippen LogP contribution in [0.1, 0.15) is 12.0 Å². The number of β-amino-alcohol motifs (C(OH)–C–C–N with tert-alkyl or cyclic N) is 1. The average Bonchev–Trinajstić information content (AvgIpc) is 2.75. The Bertz CT molecular complexity index is 388. The van der Waals surface area contributed by atoms with Gasteiger partial charge in [0.05, 0.1) is 6.10 Å². The van der Waals surface area contributed by atoms with E-state index >= 15 is 0 Å². The summed E-state index contributed by atoms with van der Waals surface area (Å²) in [5, 5.41) is 9.33. The summed E-state index contributed by atoms with van der Waals surface area (Å²) in [5.74, 6) is 0.630. The molecular formula is C13H17NO3. The highest BCUT2D eigenvalue weighted by molar-refractivity contribution is 5.78. The van der Waals surface area contributed by atoms with Crippen molar-refractivity contribution in [1.82, 2.24) is 4.90 Å². The molecule has 1 fully saturated rings. The molecule has 0 unspecified atom stereocenters. The Hall–Kier alpha value is -1.55. The Kier molecular flexibility index (Phi) is 3.64. The van der Waals surface area contributed by atoms with Crippen LogP contribution in [-0.2, 0) is 4.79 Å². The number of amides is 1. The van der Waals surface area contributed by atoms with Gasteiger partial charge in [-0.1, -0.05) is 17.7 Å². The molecule has 2 rings (SSSR count). The molecule has 0 bridgehead atoms. The number of likely N-dealkylation sites (tertiary alicyclic amines) is 1. The van der Waals surface area contributed by atoms with Gasteiger partial charge in [0.2, 0.25) is 0 Å². The molecule has 1 aromatic carbocycles. The van der Waals surface area contributed by atoms with E-state index in [2.05, 4.69) is 0 Å². The maximum Gasteiger partial charge on any atom is 0.260 e. The zero-order chi connectivity index (χ0) is 12.3. The average molecular weight is 235 g/mol. The molecule has 1 aromatic rings. The van der Waals surface area contributed by atoms with Gasteiger partial charge in [-0.2, -0.15) is 0 Å². The van der Waals surface area contributed by atoms with Gasteiger partial charge in [-0.25, -0.2) is 0 Å². The number of hydrogen-bond acceptors (Lipinski definition) is 3. The van der Waals surface area contributed by atoms with Crippen molar-refractivity contribution in [3.63, 3.8) is 0 Å². The summed E-state index contributed by atoms with van der Waals surface area (Å²) in [6, 6.07) is 7.59. The molecular weight excluding hydrogens is 218 g/mol. The highest BCUT2D eigenvalue weighted by Gasteiger charge is 2.24. The van der Waals surface area contributed by atoms with Crippen LogP contribution >= 0.6 is 0 Å². The first kappa shape index (κ1) is 11.9. The first-order chi connectivity index (χ1) is 8.15. The standard InChI is InChI=1S/C13H17NO3/c1-10-2-4-12(5-3-10)17-9-13(16)14-7-6-11(15)8-14/h2-5,11,15H,6-9H2,1H3/t11-/m0/s1. The molecule has 0 saturated carbocycles. The first-order valence-electron chi connectivity index (χ1n) is 5.80. The second kappa shape index (κ2) is 5.19. The summed E-state index contributed by atoms with van der Waals surface area (Å²) < 4.78 is 5.40. The Morgan fingerprint density at radius 2 is 2.18 bits per heavy atom. The van der Waals surface area contributed by atoms with Crippen molar-refractivity contribution < 1.29 is 14.6 Å². The minimum absolute atomic E-state index is 0.0375. The van der Waals surface area contributed by atoms with E-state index in [0.29, 0.717) is 25.3 Å². The molecule has 0 aromatic heterocycles. The third kappa shape index (κ3) is 3.20. The maximum absolute atomic E-state index is 11.7. The molecule has 1 N–H and O–H groups in total. The van der Waals surface area contributed by atoms with Gasteiger partial charge < -0.3 is 14.7 Å². The number of carbonyl (C=O) groups is 1. The second-order valence-corrected chi connectivity index (χ2v) is 4.38. The number of ether oxygens (including phenoxy) is 1. The van der Waals surface area contributed by atoms with Gasteiger partial charge in [0.1, 0.15) is 5.75 Å². The lowest BCUT2D eigenvalue weighted by Crippen LogP contribution is -2.33. The number of aliphatic hydroxyl groups excluding tert-OH is 1.